The van der Waals surface area contributed by atoms with Crippen LogP contribution in [-0.4, -0.2) is 25.5 Å². The highest BCUT2D eigenvalue weighted by atomic mass is 16.5. The Hall–Kier alpha value is -2.14. The Bertz CT molecular complexity index is 596. The van der Waals surface area contributed by atoms with Crippen molar-refractivity contribution in [3.8, 4) is 0 Å². The molecular formula is C18H24N2O3. The zero-order chi connectivity index (χ0) is 16.7. The summed E-state index contributed by atoms with van der Waals surface area (Å²) in [6.45, 7) is 0.728. The minimum Gasteiger partial charge on any atom is -0.469 e. The molecule has 0 bridgehead atoms. The van der Waals surface area contributed by atoms with E-state index < -0.39 is 0 Å². The number of carbonyl (C=O) groups excluding carboxylic acids is 2. The van der Waals surface area contributed by atoms with Gasteiger partial charge in [0.25, 0.3) is 0 Å². The molecular weight excluding hydrogens is 292 g/mol. The SMILES string of the molecule is COC(=O)CC1Cc2ccc(/C=C/CCCCN)cc2NC1=O. The normalized spacial score (nSPS) is 17.0. The minimum absolute atomic E-state index is 0.116. The van der Waals surface area contributed by atoms with Crippen LogP contribution in [0.3, 0.4) is 0 Å². The minimum atomic E-state index is -0.356. The maximum absolute atomic E-state index is 12.1. The summed E-state index contributed by atoms with van der Waals surface area (Å²) in [5.41, 5.74) is 8.41. The second-order valence-corrected chi connectivity index (χ2v) is 5.77. The number of benzene rings is 1. The fourth-order valence-electron chi connectivity index (χ4n) is 2.66. The van der Waals surface area contributed by atoms with Gasteiger partial charge in [-0.1, -0.05) is 24.3 Å². The number of hydrogen-bond acceptors (Lipinski definition) is 4. The van der Waals surface area contributed by atoms with Crippen LogP contribution in [0, 0.1) is 5.92 Å². The number of rotatable bonds is 7. The van der Waals surface area contributed by atoms with E-state index in [1.54, 1.807) is 0 Å². The number of amides is 1. The first-order valence-electron chi connectivity index (χ1n) is 8.01. The molecule has 0 saturated carbocycles. The Labute approximate surface area is 136 Å². The molecule has 0 spiro atoms. The number of unbranched alkanes of at least 4 members (excludes halogenated alkanes) is 2. The van der Waals surface area contributed by atoms with E-state index in [0.29, 0.717) is 6.42 Å². The molecule has 1 atom stereocenters. The van der Waals surface area contributed by atoms with E-state index in [9.17, 15) is 9.59 Å². The number of methoxy groups -OCH3 is 1. The predicted molar refractivity (Wildman–Crippen MR) is 90.8 cm³/mol. The molecule has 1 aliphatic heterocycles. The van der Waals surface area contributed by atoms with Gasteiger partial charge in [-0.3, -0.25) is 9.59 Å². The third kappa shape index (κ3) is 4.93. The van der Waals surface area contributed by atoms with Crippen LogP contribution in [0.15, 0.2) is 24.3 Å². The number of esters is 1. The Balaban J connectivity index is 2.00. The van der Waals surface area contributed by atoms with Crippen molar-refractivity contribution >= 4 is 23.6 Å². The lowest BCUT2D eigenvalue weighted by Crippen LogP contribution is -2.31. The van der Waals surface area contributed by atoms with Crippen molar-refractivity contribution in [2.75, 3.05) is 19.0 Å². The lowest BCUT2D eigenvalue weighted by Gasteiger charge is -2.24. The predicted octanol–water partition coefficient (Wildman–Crippen LogP) is 2.50. The van der Waals surface area contributed by atoms with Crippen molar-refractivity contribution in [1.82, 2.24) is 0 Å². The Kier molecular flexibility index (Phi) is 6.35. The molecule has 1 unspecified atom stereocenters. The smallest absolute Gasteiger partial charge is 0.306 e. The molecule has 1 aromatic carbocycles. The molecule has 1 amide bonds. The van der Waals surface area contributed by atoms with Gasteiger partial charge in [-0.25, -0.2) is 0 Å². The van der Waals surface area contributed by atoms with Crippen molar-refractivity contribution in [3.63, 3.8) is 0 Å². The van der Waals surface area contributed by atoms with E-state index in [-0.39, 0.29) is 24.2 Å². The highest BCUT2D eigenvalue weighted by molar-refractivity contribution is 5.97. The van der Waals surface area contributed by atoms with Crippen LogP contribution >= 0.6 is 0 Å². The van der Waals surface area contributed by atoms with Gasteiger partial charge in [0.15, 0.2) is 0 Å². The van der Waals surface area contributed by atoms with Crippen LogP contribution in [0.1, 0.15) is 36.8 Å². The number of anilines is 1. The van der Waals surface area contributed by atoms with Crippen molar-refractivity contribution < 1.29 is 14.3 Å². The van der Waals surface area contributed by atoms with Crippen LogP contribution in [0.4, 0.5) is 5.69 Å². The molecule has 2 rings (SSSR count). The molecule has 0 radical (unpaired) electrons. The number of fused-ring (bicyclic) bond motifs is 1. The van der Waals surface area contributed by atoms with E-state index >= 15 is 0 Å². The average Bonchev–Trinajstić information content (AvgIpc) is 2.55. The van der Waals surface area contributed by atoms with Gasteiger partial charge in [-0.2, -0.15) is 0 Å². The molecule has 124 valence electrons. The topological polar surface area (TPSA) is 81.4 Å². The van der Waals surface area contributed by atoms with Crippen LogP contribution in [0.2, 0.25) is 0 Å². The maximum atomic E-state index is 12.1. The number of hydrogen-bond donors (Lipinski definition) is 2. The lowest BCUT2D eigenvalue weighted by atomic mass is 9.90. The molecule has 5 heteroatoms. The lowest BCUT2D eigenvalue weighted by molar-refractivity contribution is -0.143. The van der Waals surface area contributed by atoms with Gasteiger partial charge in [-0.15, -0.1) is 0 Å². The van der Waals surface area contributed by atoms with Gasteiger partial charge in [0.2, 0.25) is 5.91 Å². The van der Waals surface area contributed by atoms with Crippen LogP contribution in [0.5, 0.6) is 0 Å². The number of nitrogens with one attached hydrogen (secondary N) is 1. The zero-order valence-corrected chi connectivity index (χ0v) is 13.5. The largest absolute Gasteiger partial charge is 0.469 e. The Morgan fingerprint density at radius 3 is 3.00 bits per heavy atom. The van der Waals surface area contributed by atoms with Gasteiger partial charge in [-0.05, 0) is 49.4 Å². The number of nitrogens with two attached hydrogens (primary N) is 1. The van der Waals surface area contributed by atoms with E-state index in [0.717, 1.165) is 42.6 Å². The quantitative estimate of drug-likeness (QED) is 0.598. The second-order valence-electron chi connectivity index (χ2n) is 5.77. The number of ether oxygens (including phenoxy) is 1. The van der Waals surface area contributed by atoms with Crippen molar-refractivity contribution in [2.45, 2.75) is 32.1 Å². The first-order chi connectivity index (χ1) is 11.1. The van der Waals surface area contributed by atoms with Crippen LogP contribution in [0.25, 0.3) is 6.08 Å². The molecule has 1 heterocycles. The van der Waals surface area contributed by atoms with Crippen LogP contribution in [-0.2, 0) is 20.7 Å². The molecule has 3 N–H and O–H groups in total. The summed E-state index contributed by atoms with van der Waals surface area (Å²) in [5.74, 6) is -0.829. The first kappa shape index (κ1) is 17.2. The Morgan fingerprint density at radius 2 is 2.26 bits per heavy atom. The van der Waals surface area contributed by atoms with Gasteiger partial charge in [0.05, 0.1) is 19.4 Å². The summed E-state index contributed by atoms with van der Waals surface area (Å²) in [5, 5.41) is 2.89. The monoisotopic (exact) mass is 316 g/mol. The van der Waals surface area contributed by atoms with E-state index in [1.165, 1.54) is 7.11 Å². The van der Waals surface area contributed by atoms with Crippen molar-refractivity contribution in [3.05, 3.63) is 35.4 Å². The maximum Gasteiger partial charge on any atom is 0.306 e. The summed E-state index contributed by atoms with van der Waals surface area (Å²) in [4.78, 5) is 23.5. The van der Waals surface area contributed by atoms with Gasteiger partial charge in [0.1, 0.15) is 0 Å². The first-order valence-corrected chi connectivity index (χ1v) is 8.01. The van der Waals surface area contributed by atoms with E-state index in [1.807, 2.05) is 18.2 Å². The molecule has 23 heavy (non-hydrogen) atoms. The molecule has 0 saturated heterocycles. The summed E-state index contributed by atoms with van der Waals surface area (Å²) >= 11 is 0. The number of allylic oxidation sites excluding steroid dienone is 1. The molecule has 0 aromatic heterocycles. The zero-order valence-electron chi connectivity index (χ0n) is 13.5. The van der Waals surface area contributed by atoms with Crippen molar-refractivity contribution in [2.24, 2.45) is 11.7 Å². The molecule has 1 aromatic rings. The van der Waals surface area contributed by atoms with Gasteiger partial charge in [0, 0.05) is 5.69 Å². The standard InChI is InChI=1S/C18H24N2O3/c1-23-17(21)12-15-11-14-8-7-13(6-4-2-3-5-9-19)10-16(14)20-18(15)22/h4,6-8,10,15H,2-3,5,9,11-12,19H2,1H3,(H,20,22)/b6-4+. The van der Waals surface area contributed by atoms with E-state index in [2.05, 4.69) is 22.2 Å². The Morgan fingerprint density at radius 1 is 1.43 bits per heavy atom. The third-order valence-electron chi connectivity index (χ3n) is 4.00. The molecule has 0 aliphatic carbocycles. The highest BCUT2D eigenvalue weighted by Gasteiger charge is 2.28. The van der Waals surface area contributed by atoms with Gasteiger partial charge < -0.3 is 15.8 Å². The summed E-state index contributed by atoms with van der Waals surface area (Å²) < 4.78 is 4.64. The fourth-order valence-corrected chi connectivity index (χ4v) is 2.66. The molecule has 5 nitrogen and oxygen atoms in total. The summed E-state index contributed by atoms with van der Waals surface area (Å²) in [6.07, 6.45) is 7.99. The average molecular weight is 316 g/mol. The van der Waals surface area contributed by atoms with Crippen LogP contribution < -0.4 is 11.1 Å². The van der Waals surface area contributed by atoms with E-state index in [4.69, 9.17) is 5.73 Å². The third-order valence-corrected chi connectivity index (χ3v) is 4.00. The van der Waals surface area contributed by atoms with Crippen molar-refractivity contribution in [1.29, 1.82) is 0 Å². The highest BCUT2D eigenvalue weighted by Crippen LogP contribution is 2.28. The second kappa shape index (κ2) is 8.48. The summed E-state index contributed by atoms with van der Waals surface area (Å²) in [6, 6.07) is 6.02. The molecule has 0 fully saturated rings. The van der Waals surface area contributed by atoms with Gasteiger partial charge >= 0.3 is 5.97 Å². The molecule has 1 aliphatic rings. The fraction of sp³-hybridized carbons (Fsp3) is 0.444. The summed E-state index contributed by atoms with van der Waals surface area (Å²) in [7, 11) is 1.34. The number of carbonyl (C=O) groups is 2.